The summed E-state index contributed by atoms with van der Waals surface area (Å²) >= 11 is 0. The minimum atomic E-state index is 0.198. The fourth-order valence-electron chi connectivity index (χ4n) is 5.99. The van der Waals surface area contributed by atoms with Crippen LogP contribution in [0.3, 0.4) is 0 Å². The van der Waals surface area contributed by atoms with Gasteiger partial charge < -0.3 is 4.42 Å². The zero-order valence-corrected chi connectivity index (χ0v) is 22.8. The van der Waals surface area contributed by atoms with Gasteiger partial charge in [-0.3, -0.25) is 4.98 Å². The Labute approximate surface area is 233 Å². The molecule has 2 heterocycles. The molecule has 0 atom stereocenters. The fourth-order valence-corrected chi connectivity index (χ4v) is 5.99. The summed E-state index contributed by atoms with van der Waals surface area (Å²) in [6.07, 6.45) is 2.94. The molecule has 3 nitrogen and oxygen atoms in total. The van der Waals surface area contributed by atoms with Crippen molar-refractivity contribution in [2.75, 3.05) is 0 Å². The second-order valence-corrected chi connectivity index (χ2v) is 11.7. The Hall–Kier alpha value is -4.94. The highest BCUT2D eigenvalue weighted by molar-refractivity contribution is 6.19. The number of hydrogen-bond acceptors (Lipinski definition) is 3. The van der Waals surface area contributed by atoms with E-state index in [1.54, 1.807) is 0 Å². The Bertz CT molecular complexity index is 2120. The Balaban J connectivity index is 1.50. The summed E-state index contributed by atoms with van der Waals surface area (Å²) in [5.41, 5.74) is 7.18. The molecule has 0 saturated carbocycles. The zero-order valence-electron chi connectivity index (χ0n) is 22.8. The fraction of sp³-hybridized carbons (Fsp3) is 0.135. The van der Waals surface area contributed by atoms with Gasteiger partial charge in [-0.15, -0.1) is 0 Å². The third kappa shape index (κ3) is 3.92. The predicted molar refractivity (Wildman–Crippen MR) is 165 cm³/mol. The van der Waals surface area contributed by atoms with E-state index in [1.807, 2.05) is 18.3 Å². The van der Waals surface area contributed by atoms with Gasteiger partial charge in [0.05, 0.1) is 17.3 Å². The van der Waals surface area contributed by atoms with Gasteiger partial charge in [0, 0.05) is 28.1 Å². The Kier molecular flexibility index (Phi) is 5.47. The maximum atomic E-state index is 10.2. The van der Waals surface area contributed by atoms with Crippen LogP contribution in [0.4, 0.5) is 0 Å². The van der Waals surface area contributed by atoms with Crippen molar-refractivity contribution in [1.82, 2.24) is 4.98 Å². The summed E-state index contributed by atoms with van der Waals surface area (Å²) in [4.78, 5) is 4.83. The molecule has 7 rings (SSSR count). The van der Waals surface area contributed by atoms with Crippen molar-refractivity contribution in [3.63, 3.8) is 0 Å². The standard InChI is InChI=1S/C37H28N2O/c1-37(2,3)20-23-15-18-33(39-22-23)31-14-8-13-29-30-17-16-25(21-38)34(36(30)40-35(29)31)32-19-24-9-4-5-10-26(24)27-11-6-7-12-28(27)32/h4-19,22H,20H2,1-3H3. The molecule has 0 N–H and O–H groups in total. The minimum absolute atomic E-state index is 0.198. The maximum Gasteiger partial charge on any atom is 0.144 e. The van der Waals surface area contributed by atoms with Crippen molar-refractivity contribution in [2.24, 2.45) is 5.41 Å². The van der Waals surface area contributed by atoms with E-state index in [0.717, 1.165) is 66.9 Å². The molecule has 3 heteroatoms. The number of nitrogens with zero attached hydrogens (tertiary/aromatic N) is 2. The normalized spacial score (nSPS) is 11.9. The lowest BCUT2D eigenvalue weighted by molar-refractivity contribution is 0.411. The molecule has 0 fully saturated rings. The van der Waals surface area contributed by atoms with Crippen molar-refractivity contribution >= 4 is 43.5 Å². The molecule has 0 aliphatic heterocycles. The van der Waals surface area contributed by atoms with E-state index < -0.39 is 0 Å². The van der Waals surface area contributed by atoms with E-state index in [2.05, 4.69) is 112 Å². The average Bonchev–Trinajstić information content (AvgIpc) is 3.35. The number of hydrogen-bond donors (Lipinski definition) is 0. The smallest absolute Gasteiger partial charge is 0.144 e. The van der Waals surface area contributed by atoms with Crippen LogP contribution in [0.25, 0.3) is 65.9 Å². The van der Waals surface area contributed by atoms with Crippen LogP contribution in [0.5, 0.6) is 0 Å². The van der Waals surface area contributed by atoms with E-state index in [-0.39, 0.29) is 5.41 Å². The summed E-state index contributed by atoms with van der Waals surface area (Å²) in [5, 5.41) is 16.8. The lowest BCUT2D eigenvalue weighted by Crippen LogP contribution is -2.09. The second kappa shape index (κ2) is 9.07. The van der Waals surface area contributed by atoms with Gasteiger partial charge in [0.2, 0.25) is 0 Å². The molecule has 40 heavy (non-hydrogen) atoms. The van der Waals surface area contributed by atoms with Crippen molar-refractivity contribution < 1.29 is 4.42 Å². The number of rotatable bonds is 3. The molecule has 0 aliphatic rings. The molecule has 2 aromatic heterocycles. The molecular weight excluding hydrogens is 488 g/mol. The number of benzene rings is 5. The third-order valence-electron chi connectivity index (χ3n) is 7.66. The van der Waals surface area contributed by atoms with Crippen LogP contribution in [0.2, 0.25) is 0 Å². The van der Waals surface area contributed by atoms with Crippen LogP contribution >= 0.6 is 0 Å². The molecule has 0 saturated heterocycles. The number of fused-ring (bicyclic) bond motifs is 6. The van der Waals surface area contributed by atoms with Crippen LogP contribution in [0, 0.1) is 16.7 Å². The molecule has 0 spiro atoms. The summed E-state index contributed by atoms with van der Waals surface area (Å²) < 4.78 is 6.75. The van der Waals surface area contributed by atoms with Gasteiger partial charge in [-0.05, 0) is 74.8 Å². The highest BCUT2D eigenvalue weighted by atomic mass is 16.3. The van der Waals surface area contributed by atoms with Crippen molar-refractivity contribution in [3.05, 3.63) is 114 Å². The first-order chi connectivity index (χ1) is 19.4. The van der Waals surface area contributed by atoms with Crippen LogP contribution in [0.1, 0.15) is 31.9 Å². The summed E-state index contributed by atoms with van der Waals surface area (Å²) in [5.74, 6) is 0. The molecule has 0 aliphatic carbocycles. The SMILES string of the molecule is CC(C)(C)Cc1ccc(-c2cccc3c2oc2c(-c4cc5ccccc5c5ccccc45)c(C#N)ccc23)nc1. The quantitative estimate of drug-likeness (QED) is 0.220. The molecule has 0 amide bonds. The number of para-hydroxylation sites is 1. The molecule has 5 aromatic carbocycles. The monoisotopic (exact) mass is 516 g/mol. The van der Waals surface area contributed by atoms with Gasteiger partial charge in [0.1, 0.15) is 11.2 Å². The molecule has 0 radical (unpaired) electrons. The Morgan fingerprint density at radius 1 is 0.700 bits per heavy atom. The third-order valence-corrected chi connectivity index (χ3v) is 7.66. The van der Waals surface area contributed by atoms with E-state index in [4.69, 9.17) is 9.40 Å². The van der Waals surface area contributed by atoms with Gasteiger partial charge >= 0.3 is 0 Å². The van der Waals surface area contributed by atoms with Crippen molar-refractivity contribution in [3.8, 4) is 28.5 Å². The Morgan fingerprint density at radius 3 is 2.17 bits per heavy atom. The van der Waals surface area contributed by atoms with E-state index in [9.17, 15) is 5.26 Å². The Morgan fingerprint density at radius 2 is 1.43 bits per heavy atom. The first-order valence-electron chi connectivity index (χ1n) is 13.7. The highest BCUT2D eigenvalue weighted by Crippen LogP contribution is 2.44. The predicted octanol–water partition coefficient (Wildman–Crippen LogP) is 10.1. The molecule has 192 valence electrons. The number of pyridine rings is 1. The molecular formula is C37H28N2O. The average molecular weight is 517 g/mol. The van der Waals surface area contributed by atoms with Crippen LogP contribution in [0.15, 0.2) is 108 Å². The van der Waals surface area contributed by atoms with Gasteiger partial charge in [-0.25, -0.2) is 0 Å². The number of furan rings is 1. The summed E-state index contributed by atoms with van der Waals surface area (Å²) in [6.45, 7) is 6.71. The van der Waals surface area contributed by atoms with Gasteiger partial charge in [-0.1, -0.05) is 87.5 Å². The van der Waals surface area contributed by atoms with Crippen molar-refractivity contribution in [2.45, 2.75) is 27.2 Å². The first kappa shape index (κ1) is 24.1. The first-order valence-corrected chi connectivity index (χ1v) is 13.7. The minimum Gasteiger partial charge on any atom is -0.455 e. The second-order valence-electron chi connectivity index (χ2n) is 11.7. The molecule has 7 aromatic rings. The topological polar surface area (TPSA) is 49.8 Å². The lowest BCUT2D eigenvalue weighted by Gasteiger charge is -2.17. The van der Waals surface area contributed by atoms with Gasteiger partial charge in [0.25, 0.3) is 0 Å². The summed E-state index contributed by atoms with van der Waals surface area (Å²) in [7, 11) is 0. The van der Waals surface area contributed by atoms with Crippen LogP contribution in [-0.2, 0) is 6.42 Å². The van der Waals surface area contributed by atoms with E-state index in [1.165, 1.54) is 10.9 Å². The molecule has 0 unspecified atom stereocenters. The van der Waals surface area contributed by atoms with E-state index >= 15 is 0 Å². The molecule has 0 bridgehead atoms. The highest BCUT2D eigenvalue weighted by Gasteiger charge is 2.21. The summed E-state index contributed by atoms with van der Waals surface area (Å²) in [6, 6.07) is 35.8. The lowest BCUT2D eigenvalue weighted by atomic mass is 9.89. The number of aromatic nitrogens is 1. The van der Waals surface area contributed by atoms with Crippen LogP contribution in [-0.4, -0.2) is 4.98 Å². The van der Waals surface area contributed by atoms with Crippen LogP contribution < -0.4 is 0 Å². The van der Waals surface area contributed by atoms with Gasteiger partial charge in [0.15, 0.2) is 0 Å². The zero-order chi connectivity index (χ0) is 27.4. The van der Waals surface area contributed by atoms with Gasteiger partial charge in [-0.2, -0.15) is 5.26 Å². The van der Waals surface area contributed by atoms with E-state index in [0.29, 0.717) is 5.56 Å². The maximum absolute atomic E-state index is 10.2. The van der Waals surface area contributed by atoms with Crippen molar-refractivity contribution in [1.29, 1.82) is 5.26 Å². The largest absolute Gasteiger partial charge is 0.455 e. The number of nitriles is 1.